The standard InChI is InChI=1S/C15H16N2/c16-17-15-10-14(11-6-2-1-3-7-11)12-8-4-5-9-13(12)15/h1-9,14-15,17H,10,16H2. The number of rotatable bonds is 2. The fraction of sp³-hybridized carbons (Fsp3) is 0.200. The van der Waals surface area contributed by atoms with E-state index in [-0.39, 0.29) is 6.04 Å². The van der Waals surface area contributed by atoms with Crippen molar-refractivity contribution in [3.8, 4) is 0 Å². The second-order valence-electron chi connectivity index (χ2n) is 4.55. The first-order chi connectivity index (χ1) is 8.40. The first-order valence-electron chi connectivity index (χ1n) is 6.00. The number of fused-ring (bicyclic) bond motifs is 1. The SMILES string of the molecule is NNC1CC(c2ccccc2)c2ccccc21. The molecule has 1 aliphatic rings. The van der Waals surface area contributed by atoms with Crippen LogP contribution in [0, 0.1) is 0 Å². The maximum absolute atomic E-state index is 5.64. The topological polar surface area (TPSA) is 38.0 Å². The molecule has 0 heterocycles. The Hall–Kier alpha value is -1.64. The van der Waals surface area contributed by atoms with E-state index < -0.39 is 0 Å². The number of benzene rings is 2. The van der Waals surface area contributed by atoms with Crippen LogP contribution in [0.2, 0.25) is 0 Å². The molecule has 17 heavy (non-hydrogen) atoms. The van der Waals surface area contributed by atoms with Gasteiger partial charge in [-0.25, -0.2) is 0 Å². The van der Waals surface area contributed by atoms with Gasteiger partial charge in [-0.2, -0.15) is 0 Å². The molecular weight excluding hydrogens is 208 g/mol. The van der Waals surface area contributed by atoms with E-state index in [0.717, 1.165) is 6.42 Å². The van der Waals surface area contributed by atoms with Gasteiger partial charge in [0.1, 0.15) is 0 Å². The van der Waals surface area contributed by atoms with Gasteiger partial charge < -0.3 is 0 Å². The lowest BCUT2D eigenvalue weighted by molar-refractivity contribution is 0.531. The molecule has 0 bridgehead atoms. The van der Waals surface area contributed by atoms with E-state index in [1.807, 2.05) is 0 Å². The second-order valence-corrected chi connectivity index (χ2v) is 4.55. The zero-order chi connectivity index (χ0) is 11.7. The normalized spacial score (nSPS) is 22.4. The van der Waals surface area contributed by atoms with Crippen LogP contribution >= 0.6 is 0 Å². The Labute approximate surface area is 101 Å². The highest BCUT2D eigenvalue weighted by Crippen LogP contribution is 2.43. The zero-order valence-electron chi connectivity index (χ0n) is 9.64. The van der Waals surface area contributed by atoms with Crippen molar-refractivity contribution in [3.63, 3.8) is 0 Å². The van der Waals surface area contributed by atoms with Crippen molar-refractivity contribution in [1.29, 1.82) is 0 Å². The molecule has 3 N–H and O–H groups in total. The number of hydrogen-bond donors (Lipinski definition) is 2. The van der Waals surface area contributed by atoms with Crippen molar-refractivity contribution >= 4 is 0 Å². The summed E-state index contributed by atoms with van der Waals surface area (Å²) < 4.78 is 0. The molecule has 0 aromatic heterocycles. The minimum absolute atomic E-state index is 0.274. The predicted molar refractivity (Wildman–Crippen MR) is 69.4 cm³/mol. The molecule has 1 aliphatic carbocycles. The highest BCUT2D eigenvalue weighted by molar-refractivity contribution is 5.44. The lowest BCUT2D eigenvalue weighted by atomic mass is 9.93. The summed E-state index contributed by atoms with van der Waals surface area (Å²) >= 11 is 0. The minimum Gasteiger partial charge on any atom is -0.271 e. The molecule has 2 aromatic carbocycles. The van der Waals surface area contributed by atoms with Gasteiger partial charge in [0.2, 0.25) is 0 Å². The lowest BCUT2D eigenvalue weighted by Crippen LogP contribution is -2.26. The summed E-state index contributed by atoms with van der Waals surface area (Å²) in [7, 11) is 0. The van der Waals surface area contributed by atoms with Gasteiger partial charge in [-0.15, -0.1) is 0 Å². The summed E-state index contributed by atoms with van der Waals surface area (Å²) in [6.45, 7) is 0. The van der Waals surface area contributed by atoms with Crippen LogP contribution < -0.4 is 11.3 Å². The Morgan fingerprint density at radius 3 is 2.24 bits per heavy atom. The third-order valence-corrected chi connectivity index (χ3v) is 3.62. The van der Waals surface area contributed by atoms with Crippen molar-refractivity contribution < 1.29 is 0 Å². The summed E-state index contributed by atoms with van der Waals surface area (Å²) in [5.74, 6) is 6.11. The highest BCUT2D eigenvalue weighted by atomic mass is 15.2. The Bertz CT molecular complexity index is 507. The van der Waals surface area contributed by atoms with Crippen LogP contribution in [0.1, 0.15) is 35.1 Å². The Balaban J connectivity index is 2.05. The molecule has 0 amide bonds. The van der Waals surface area contributed by atoms with Gasteiger partial charge in [0.15, 0.2) is 0 Å². The van der Waals surface area contributed by atoms with Crippen molar-refractivity contribution in [2.75, 3.05) is 0 Å². The Morgan fingerprint density at radius 2 is 1.53 bits per heavy atom. The fourth-order valence-electron chi connectivity index (χ4n) is 2.79. The molecule has 2 aromatic rings. The second kappa shape index (κ2) is 4.32. The van der Waals surface area contributed by atoms with Crippen LogP contribution in [0.3, 0.4) is 0 Å². The molecule has 0 radical (unpaired) electrons. The first-order valence-corrected chi connectivity index (χ1v) is 6.00. The van der Waals surface area contributed by atoms with E-state index >= 15 is 0 Å². The largest absolute Gasteiger partial charge is 0.271 e. The molecule has 2 nitrogen and oxygen atoms in total. The van der Waals surface area contributed by atoms with E-state index in [9.17, 15) is 0 Å². The van der Waals surface area contributed by atoms with E-state index in [4.69, 9.17) is 5.84 Å². The fourth-order valence-corrected chi connectivity index (χ4v) is 2.79. The van der Waals surface area contributed by atoms with Crippen LogP contribution in [0.15, 0.2) is 54.6 Å². The van der Waals surface area contributed by atoms with Gasteiger partial charge in [0, 0.05) is 12.0 Å². The monoisotopic (exact) mass is 224 g/mol. The van der Waals surface area contributed by atoms with Crippen molar-refractivity contribution in [1.82, 2.24) is 5.43 Å². The molecule has 86 valence electrons. The van der Waals surface area contributed by atoms with Gasteiger partial charge in [-0.05, 0) is 23.1 Å². The first kappa shape index (κ1) is 10.5. The summed E-state index contributed by atoms with van der Waals surface area (Å²) in [5, 5.41) is 0. The van der Waals surface area contributed by atoms with Gasteiger partial charge in [-0.3, -0.25) is 11.3 Å². The summed E-state index contributed by atoms with van der Waals surface area (Å²) in [6.07, 6.45) is 1.04. The Kier molecular flexibility index (Phi) is 2.67. The van der Waals surface area contributed by atoms with Crippen molar-refractivity contribution in [3.05, 3.63) is 71.3 Å². The quantitative estimate of drug-likeness (QED) is 0.608. The van der Waals surface area contributed by atoms with Gasteiger partial charge in [-0.1, -0.05) is 54.6 Å². The van der Waals surface area contributed by atoms with E-state index in [2.05, 4.69) is 60.0 Å². The number of hydrazine groups is 1. The average molecular weight is 224 g/mol. The average Bonchev–Trinajstić information content (AvgIpc) is 2.78. The lowest BCUT2D eigenvalue weighted by Gasteiger charge is -2.12. The number of nitrogens with one attached hydrogen (secondary N) is 1. The summed E-state index contributed by atoms with van der Waals surface area (Å²) in [5.41, 5.74) is 7.03. The maximum atomic E-state index is 5.64. The van der Waals surface area contributed by atoms with Crippen LogP contribution in [0.4, 0.5) is 0 Å². The van der Waals surface area contributed by atoms with Crippen LogP contribution in [0.5, 0.6) is 0 Å². The molecule has 2 unspecified atom stereocenters. The number of nitrogens with two attached hydrogens (primary N) is 1. The van der Waals surface area contributed by atoms with Crippen LogP contribution in [0.25, 0.3) is 0 Å². The highest BCUT2D eigenvalue weighted by Gasteiger charge is 2.30. The zero-order valence-corrected chi connectivity index (χ0v) is 9.64. The van der Waals surface area contributed by atoms with Gasteiger partial charge in [0.25, 0.3) is 0 Å². The van der Waals surface area contributed by atoms with Crippen molar-refractivity contribution in [2.24, 2.45) is 5.84 Å². The molecular formula is C15H16N2. The molecule has 0 aliphatic heterocycles. The molecule has 2 heteroatoms. The van der Waals surface area contributed by atoms with E-state index in [1.165, 1.54) is 16.7 Å². The third-order valence-electron chi connectivity index (χ3n) is 3.62. The van der Waals surface area contributed by atoms with Crippen LogP contribution in [-0.2, 0) is 0 Å². The van der Waals surface area contributed by atoms with Crippen LogP contribution in [-0.4, -0.2) is 0 Å². The smallest absolute Gasteiger partial charge is 0.0472 e. The number of hydrogen-bond acceptors (Lipinski definition) is 2. The molecule has 2 atom stereocenters. The molecule has 0 saturated carbocycles. The van der Waals surface area contributed by atoms with E-state index in [0.29, 0.717) is 5.92 Å². The van der Waals surface area contributed by atoms with Gasteiger partial charge in [0.05, 0.1) is 0 Å². The minimum atomic E-state index is 0.274. The predicted octanol–water partition coefficient (Wildman–Crippen LogP) is 2.73. The molecule has 0 fully saturated rings. The van der Waals surface area contributed by atoms with E-state index in [1.54, 1.807) is 0 Å². The molecule has 0 spiro atoms. The van der Waals surface area contributed by atoms with Crippen molar-refractivity contribution in [2.45, 2.75) is 18.4 Å². The summed E-state index contributed by atoms with van der Waals surface area (Å²) in [4.78, 5) is 0. The maximum Gasteiger partial charge on any atom is 0.0472 e. The Morgan fingerprint density at radius 1 is 0.882 bits per heavy atom. The molecule has 0 saturated heterocycles. The summed E-state index contributed by atoms with van der Waals surface area (Å²) in [6, 6.07) is 19.5. The molecule has 3 rings (SSSR count). The third kappa shape index (κ3) is 1.75. The van der Waals surface area contributed by atoms with Gasteiger partial charge >= 0.3 is 0 Å².